The summed E-state index contributed by atoms with van der Waals surface area (Å²) >= 11 is 3.10. The highest BCUT2D eigenvalue weighted by Gasteiger charge is 2.29. The molecule has 1 unspecified atom stereocenters. The maximum Gasteiger partial charge on any atom is 0.276 e. The van der Waals surface area contributed by atoms with E-state index in [1.54, 1.807) is 0 Å². The Labute approximate surface area is 147 Å². The van der Waals surface area contributed by atoms with Crippen LogP contribution in [0.15, 0.2) is 22.7 Å². The van der Waals surface area contributed by atoms with Crippen molar-refractivity contribution < 1.29 is 27.1 Å². The summed E-state index contributed by atoms with van der Waals surface area (Å²) in [7, 11) is -3.04. The van der Waals surface area contributed by atoms with Gasteiger partial charge in [-0.1, -0.05) is 0 Å². The lowest BCUT2D eigenvalue weighted by molar-refractivity contribution is -0.130. The van der Waals surface area contributed by atoms with E-state index >= 15 is 0 Å². The van der Waals surface area contributed by atoms with Crippen LogP contribution in [-0.4, -0.2) is 38.3 Å². The highest BCUT2D eigenvalue weighted by Crippen LogP contribution is 2.25. The number of carbonyl (C=O) groups is 2. The number of halogens is 2. The number of amides is 2. The molecule has 132 valence electrons. The molecule has 10 heteroatoms. The summed E-state index contributed by atoms with van der Waals surface area (Å²) in [4.78, 5) is 23.3. The quantitative estimate of drug-likeness (QED) is 0.687. The Morgan fingerprint density at radius 3 is 2.62 bits per heavy atom. The van der Waals surface area contributed by atoms with Gasteiger partial charge in [0, 0.05) is 6.42 Å². The zero-order valence-corrected chi connectivity index (χ0v) is 15.0. The number of rotatable bonds is 5. The predicted molar refractivity (Wildman–Crippen MR) is 87.3 cm³/mol. The minimum atomic E-state index is -3.04. The minimum Gasteiger partial charge on any atom is -0.483 e. The molecular weight excluding hydrogens is 407 g/mol. The number of sulfone groups is 1. The number of benzene rings is 1. The second kappa shape index (κ2) is 7.93. The molecule has 1 atom stereocenters. The van der Waals surface area contributed by atoms with Crippen LogP contribution >= 0.6 is 15.9 Å². The van der Waals surface area contributed by atoms with Gasteiger partial charge in [0.25, 0.3) is 5.91 Å². The van der Waals surface area contributed by atoms with Gasteiger partial charge in [-0.25, -0.2) is 12.8 Å². The van der Waals surface area contributed by atoms with E-state index in [1.807, 2.05) is 0 Å². The average molecular weight is 423 g/mol. The first kappa shape index (κ1) is 18.7. The van der Waals surface area contributed by atoms with Crippen LogP contribution in [0.5, 0.6) is 5.75 Å². The maximum atomic E-state index is 12.9. The van der Waals surface area contributed by atoms with Crippen LogP contribution in [0.3, 0.4) is 0 Å². The number of carbonyl (C=O) groups excluding carboxylic acids is 2. The third-order valence-corrected chi connectivity index (χ3v) is 5.85. The zero-order valence-electron chi connectivity index (χ0n) is 12.6. The Morgan fingerprint density at radius 2 is 2.00 bits per heavy atom. The van der Waals surface area contributed by atoms with Gasteiger partial charge in [-0.3, -0.25) is 20.4 Å². The van der Waals surface area contributed by atoms with Crippen LogP contribution in [0.1, 0.15) is 12.8 Å². The molecule has 2 amide bonds. The summed E-state index contributed by atoms with van der Waals surface area (Å²) in [5, 5.41) is 0. The van der Waals surface area contributed by atoms with Crippen molar-refractivity contribution >= 4 is 37.6 Å². The van der Waals surface area contributed by atoms with Crippen LogP contribution in [0.2, 0.25) is 0 Å². The molecule has 0 radical (unpaired) electrons. The number of hydrazine groups is 1. The molecule has 0 aromatic heterocycles. The Bertz CT molecular complexity index is 741. The average Bonchev–Trinajstić information content (AvgIpc) is 2.83. The molecule has 1 aromatic carbocycles. The fourth-order valence-corrected chi connectivity index (χ4v) is 4.58. The smallest absolute Gasteiger partial charge is 0.276 e. The first-order chi connectivity index (χ1) is 11.2. The number of nitrogens with one attached hydrogen (secondary N) is 2. The summed E-state index contributed by atoms with van der Waals surface area (Å²) in [6, 6.07) is 3.76. The lowest BCUT2D eigenvalue weighted by Gasteiger charge is -2.11. The molecule has 2 rings (SSSR count). The third kappa shape index (κ3) is 5.75. The molecule has 0 aliphatic carbocycles. The molecule has 1 saturated heterocycles. The molecule has 0 spiro atoms. The van der Waals surface area contributed by atoms with Crippen LogP contribution in [0, 0.1) is 11.7 Å². The van der Waals surface area contributed by atoms with Crippen LogP contribution in [0.25, 0.3) is 0 Å². The summed E-state index contributed by atoms with van der Waals surface area (Å²) in [6.45, 7) is -0.373. The van der Waals surface area contributed by atoms with Gasteiger partial charge in [-0.15, -0.1) is 0 Å². The molecule has 1 aliphatic rings. The fraction of sp³-hybridized carbons (Fsp3) is 0.429. The second-order valence-electron chi connectivity index (χ2n) is 5.43. The van der Waals surface area contributed by atoms with E-state index < -0.39 is 27.5 Å². The van der Waals surface area contributed by atoms with Crippen molar-refractivity contribution in [1.82, 2.24) is 10.9 Å². The lowest BCUT2D eigenvalue weighted by Crippen LogP contribution is -2.44. The van der Waals surface area contributed by atoms with E-state index in [0.717, 1.165) is 0 Å². The maximum absolute atomic E-state index is 12.9. The van der Waals surface area contributed by atoms with E-state index in [-0.39, 0.29) is 36.2 Å². The van der Waals surface area contributed by atoms with E-state index in [4.69, 9.17) is 4.74 Å². The number of hydrogen-bond acceptors (Lipinski definition) is 5. The van der Waals surface area contributed by atoms with Gasteiger partial charge in [0.2, 0.25) is 5.91 Å². The molecular formula is C14H16BrFN2O5S. The highest BCUT2D eigenvalue weighted by molar-refractivity contribution is 9.10. The number of ether oxygens (including phenoxy) is 1. The molecule has 7 nitrogen and oxygen atoms in total. The van der Waals surface area contributed by atoms with Gasteiger partial charge in [0.1, 0.15) is 11.6 Å². The molecule has 1 aliphatic heterocycles. The predicted octanol–water partition coefficient (Wildman–Crippen LogP) is 0.939. The molecule has 1 aromatic rings. The molecule has 0 saturated carbocycles. The molecule has 0 bridgehead atoms. The van der Waals surface area contributed by atoms with E-state index in [9.17, 15) is 22.4 Å². The fourth-order valence-electron chi connectivity index (χ4n) is 2.26. The van der Waals surface area contributed by atoms with Crippen LogP contribution < -0.4 is 15.6 Å². The van der Waals surface area contributed by atoms with Crippen LogP contribution in [0.4, 0.5) is 4.39 Å². The molecule has 2 N–H and O–H groups in total. The first-order valence-corrected chi connectivity index (χ1v) is 9.72. The van der Waals surface area contributed by atoms with E-state index in [0.29, 0.717) is 10.9 Å². The Hall–Kier alpha value is -1.68. The van der Waals surface area contributed by atoms with Crippen molar-refractivity contribution in [2.24, 2.45) is 5.92 Å². The summed E-state index contributed by atoms with van der Waals surface area (Å²) < 4.78 is 41.1. The van der Waals surface area contributed by atoms with Crippen molar-refractivity contribution in [3.8, 4) is 5.75 Å². The second-order valence-corrected chi connectivity index (χ2v) is 8.52. The van der Waals surface area contributed by atoms with E-state index in [1.165, 1.54) is 18.2 Å². The summed E-state index contributed by atoms with van der Waals surface area (Å²) in [5.74, 6) is -1.35. The third-order valence-electron chi connectivity index (χ3n) is 3.39. The zero-order chi connectivity index (χ0) is 17.7. The highest BCUT2D eigenvalue weighted by atomic mass is 79.9. The van der Waals surface area contributed by atoms with Gasteiger partial charge >= 0.3 is 0 Å². The lowest BCUT2D eigenvalue weighted by atomic mass is 10.1. The standard InChI is InChI=1S/C14H16BrFN2O5S/c15-11-6-10(16)1-2-12(11)23-7-14(20)18-17-13(19)5-9-3-4-24(21,22)8-9/h1-2,6,9H,3-5,7-8H2,(H,17,19)(H,18,20). The summed E-state index contributed by atoms with van der Waals surface area (Å²) in [6.07, 6.45) is 0.481. The van der Waals surface area contributed by atoms with Crippen molar-refractivity contribution in [1.29, 1.82) is 0 Å². The minimum absolute atomic E-state index is 0.00390. The van der Waals surface area contributed by atoms with E-state index in [2.05, 4.69) is 26.8 Å². The topological polar surface area (TPSA) is 102 Å². The molecule has 1 heterocycles. The normalized spacial score (nSPS) is 18.8. The first-order valence-electron chi connectivity index (χ1n) is 7.11. The molecule has 1 fully saturated rings. The SMILES string of the molecule is O=C(COc1ccc(F)cc1Br)NNC(=O)CC1CCS(=O)(=O)C1. The van der Waals surface area contributed by atoms with Gasteiger partial charge < -0.3 is 4.74 Å². The van der Waals surface area contributed by atoms with Gasteiger partial charge in [-0.2, -0.15) is 0 Å². The van der Waals surface area contributed by atoms with Crippen molar-refractivity contribution in [2.45, 2.75) is 12.8 Å². The Kier molecular flexibility index (Phi) is 6.16. The Morgan fingerprint density at radius 1 is 1.29 bits per heavy atom. The van der Waals surface area contributed by atoms with Crippen molar-refractivity contribution in [3.63, 3.8) is 0 Å². The van der Waals surface area contributed by atoms with Gasteiger partial charge in [-0.05, 0) is 46.5 Å². The number of hydrogen-bond donors (Lipinski definition) is 2. The largest absolute Gasteiger partial charge is 0.483 e. The summed E-state index contributed by atoms with van der Waals surface area (Å²) in [5.41, 5.74) is 4.39. The van der Waals surface area contributed by atoms with Crippen molar-refractivity contribution in [2.75, 3.05) is 18.1 Å². The Balaban J connectivity index is 1.70. The van der Waals surface area contributed by atoms with Gasteiger partial charge in [0.15, 0.2) is 16.4 Å². The molecule has 24 heavy (non-hydrogen) atoms. The van der Waals surface area contributed by atoms with Crippen molar-refractivity contribution in [3.05, 3.63) is 28.5 Å². The van der Waals surface area contributed by atoms with Crippen LogP contribution in [-0.2, 0) is 19.4 Å². The van der Waals surface area contributed by atoms with Gasteiger partial charge in [0.05, 0.1) is 16.0 Å². The monoisotopic (exact) mass is 422 g/mol.